The molecule has 2 aromatic carbocycles. The number of carbonyl (C=O) groups is 1. The first kappa shape index (κ1) is 23.9. The van der Waals surface area contributed by atoms with Crippen molar-refractivity contribution in [3.05, 3.63) is 59.7 Å². The quantitative estimate of drug-likeness (QED) is 0.301. The van der Waals surface area contributed by atoms with Crippen LogP contribution in [0.3, 0.4) is 0 Å². The van der Waals surface area contributed by atoms with E-state index in [2.05, 4.69) is 25.0 Å². The molecule has 1 N–H and O–H groups in total. The monoisotopic (exact) mass is 441 g/mol. The zero-order chi connectivity index (χ0) is 22.2. The number of ether oxygens (including phenoxy) is 2. The number of para-hydroxylation sites is 1. The SMILES string of the molecule is C[Si](C)(C)OCCOCCOC(=O)c1ccccc1Nc1cccc(C(F)(F)F)c1. The van der Waals surface area contributed by atoms with Crippen LogP contribution in [0.15, 0.2) is 48.5 Å². The molecule has 2 aromatic rings. The summed E-state index contributed by atoms with van der Waals surface area (Å²) in [6, 6.07) is 11.2. The average molecular weight is 442 g/mol. The standard InChI is InChI=1S/C21H26F3NO4Si/c1-30(2,3)29-14-12-27-11-13-28-20(26)18-9-4-5-10-19(18)25-17-8-6-7-16(15-17)21(22,23)24/h4-10,15,25H,11-14H2,1-3H3. The van der Waals surface area contributed by atoms with Crippen molar-refractivity contribution in [3.8, 4) is 0 Å². The fourth-order valence-corrected chi connectivity index (χ4v) is 3.17. The fraction of sp³-hybridized carbons (Fsp3) is 0.381. The summed E-state index contributed by atoms with van der Waals surface area (Å²) in [6.07, 6.45) is -4.45. The number of hydrogen-bond donors (Lipinski definition) is 1. The number of hydrogen-bond acceptors (Lipinski definition) is 5. The summed E-state index contributed by atoms with van der Waals surface area (Å²) in [5.41, 5.74) is 0.0156. The number of anilines is 2. The van der Waals surface area contributed by atoms with E-state index >= 15 is 0 Å². The van der Waals surface area contributed by atoms with Gasteiger partial charge in [-0.2, -0.15) is 13.2 Å². The highest BCUT2D eigenvalue weighted by Crippen LogP contribution is 2.32. The van der Waals surface area contributed by atoms with Gasteiger partial charge in [0, 0.05) is 5.69 Å². The highest BCUT2D eigenvalue weighted by molar-refractivity contribution is 6.69. The van der Waals surface area contributed by atoms with Gasteiger partial charge < -0.3 is 19.2 Å². The van der Waals surface area contributed by atoms with Crippen LogP contribution in [0, 0.1) is 0 Å². The fourth-order valence-electron chi connectivity index (χ4n) is 2.48. The molecule has 0 aliphatic heterocycles. The molecule has 0 amide bonds. The lowest BCUT2D eigenvalue weighted by Crippen LogP contribution is -2.27. The molecule has 0 fully saturated rings. The molecule has 2 rings (SSSR count). The highest BCUT2D eigenvalue weighted by Gasteiger charge is 2.30. The minimum Gasteiger partial charge on any atom is -0.460 e. The summed E-state index contributed by atoms with van der Waals surface area (Å²) < 4.78 is 55.0. The summed E-state index contributed by atoms with van der Waals surface area (Å²) >= 11 is 0. The summed E-state index contributed by atoms with van der Waals surface area (Å²) in [6.45, 7) is 7.44. The van der Waals surface area contributed by atoms with Gasteiger partial charge in [-0.1, -0.05) is 18.2 Å². The molecule has 9 heteroatoms. The van der Waals surface area contributed by atoms with Gasteiger partial charge in [0.25, 0.3) is 0 Å². The number of benzene rings is 2. The molecule has 0 saturated heterocycles. The van der Waals surface area contributed by atoms with Crippen LogP contribution in [0.4, 0.5) is 24.5 Å². The molecule has 30 heavy (non-hydrogen) atoms. The van der Waals surface area contributed by atoms with Crippen LogP contribution in [0.2, 0.25) is 19.6 Å². The maximum absolute atomic E-state index is 12.9. The first-order valence-electron chi connectivity index (χ1n) is 9.48. The average Bonchev–Trinajstić information content (AvgIpc) is 2.66. The van der Waals surface area contributed by atoms with Crippen molar-refractivity contribution in [1.29, 1.82) is 0 Å². The predicted octanol–water partition coefficient (Wildman–Crippen LogP) is 5.47. The van der Waals surface area contributed by atoms with E-state index in [1.54, 1.807) is 24.3 Å². The van der Waals surface area contributed by atoms with Gasteiger partial charge in [-0.15, -0.1) is 0 Å². The van der Waals surface area contributed by atoms with Crippen molar-refractivity contribution >= 4 is 25.7 Å². The molecule has 0 aliphatic rings. The molecule has 164 valence electrons. The van der Waals surface area contributed by atoms with E-state index in [9.17, 15) is 18.0 Å². The molecular weight excluding hydrogens is 415 g/mol. The molecule has 0 bridgehead atoms. The Bertz CT molecular complexity index is 837. The lowest BCUT2D eigenvalue weighted by atomic mass is 10.1. The second-order valence-corrected chi connectivity index (χ2v) is 12.0. The maximum Gasteiger partial charge on any atom is 0.416 e. The second kappa shape index (κ2) is 10.6. The van der Waals surface area contributed by atoms with Gasteiger partial charge in [0.15, 0.2) is 8.32 Å². The molecule has 0 atom stereocenters. The summed E-state index contributed by atoms with van der Waals surface area (Å²) in [4.78, 5) is 12.4. The highest BCUT2D eigenvalue weighted by atomic mass is 28.4. The summed E-state index contributed by atoms with van der Waals surface area (Å²) in [5.74, 6) is -0.591. The minimum absolute atomic E-state index is 0.0592. The first-order valence-corrected chi connectivity index (χ1v) is 12.9. The number of halogens is 3. The number of alkyl halides is 3. The smallest absolute Gasteiger partial charge is 0.416 e. The Hall–Kier alpha value is -2.36. The molecule has 0 radical (unpaired) electrons. The molecule has 0 aromatic heterocycles. The Labute approximate surface area is 175 Å². The zero-order valence-corrected chi connectivity index (χ0v) is 18.2. The minimum atomic E-state index is -4.45. The van der Waals surface area contributed by atoms with Gasteiger partial charge in [-0.3, -0.25) is 0 Å². The van der Waals surface area contributed by atoms with Crippen LogP contribution < -0.4 is 5.32 Å². The number of carbonyl (C=O) groups excluding carboxylic acids is 1. The van der Waals surface area contributed by atoms with Crippen LogP contribution in [-0.2, 0) is 20.1 Å². The van der Waals surface area contributed by atoms with Crippen LogP contribution in [0.25, 0.3) is 0 Å². The van der Waals surface area contributed by atoms with Gasteiger partial charge in [0.05, 0.1) is 36.6 Å². The summed E-state index contributed by atoms with van der Waals surface area (Å²) in [5, 5.41) is 2.85. The van der Waals surface area contributed by atoms with E-state index in [-0.39, 0.29) is 24.5 Å². The molecule has 0 unspecified atom stereocenters. The van der Waals surface area contributed by atoms with Crippen LogP contribution >= 0.6 is 0 Å². The number of rotatable bonds is 10. The molecule has 0 saturated carbocycles. The Morgan fingerprint density at radius 2 is 1.67 bits per heavy atom. The lowest BCUT2D eigenvalue weighted by Gasteiger charge is -2.17. The van der Waals surface area contributed by atoms with Gasteiger partial charge in [0.1, 0.15) is 6.61 Å². The molecule has 0 heterocycles. The van der Waals surface area contributed by atoms with Gasteiger partial charge in [-0.25, -0.2) is 4.79 Å². The van der Waals surface area contributed by atoms with Crippen LogP contribution in [0.1, 0.15) is 15.9 Å². The van der Waals surface area contributed by atoms with E-state index in [4.69, 9.17) is 13.9 Å². The Morgan fingerprint density at radius 3 is 2.37 bits per heavy atom. The third kappa shape index (κ3) is 8.17. The maximum atomic E-state index is 12.9. The Kier molecular flexibility index (Phi) is 8.45. The number of nitrogens with one attached hydrogen (secondary N) is 1. The van der Waals surface area contributed by atoms with Crippen molar-refractivity contribution in [2.45, 2.75) is 25.8 Å². The number of esters is 1. The largest absolute Gasteiger partial charge is 0.460 e. The van der Waals surface area contributed by atoms with Gasteiger partial charge in [0.2, 0.25) is 0 Å². The normalized spacial score (nSPS) is 11.9. The van der Waals surface area contributed by atoms with E-state index in [0.29, 0.717) is 18.9 Å². The van der Waals surface area contributed by atoms with Gasteiger partial charge >= 0.3 is 12.1 Å². The predicted molar refractivity (Wildman–Crippen MR) is 112 cm³/mol. The van der Waals surface area contributed by atoms with Gasteiger partial charge in [-0.05, 0) is 50.0 Å². The van der Waals surface area contributed by atoms with Crippen molar-refractivity contribution < 1.29 is 31.9 Å². The van der Waals surface area contributed by atoms with Crippen LogP contribution in [0.5, 0.6) is 0 Å². The molecule has 5 nitrogen and oxygen atoms in total. The van der Waals surface area contributed by atoms with E-state index in [1.165, 1.54) is 12.1 Å². The van der Waals surface area contributed by atoms with E-state index in [1.807, 2.05) is 0 Å². The van der Waals surface area contributed by atoms with Crippen molar-refractivity contribution in [2.24, 2.45) is 0 Å². The Morgan fingerprint density at radius 1 is 0.967 bits per heavy atom. The second-order valence-electron chi connectivity index (χ2n) is 7.46. The zero-order valence-electron chi connectivity index (χ0n) is 17.2. The van der Waals surface area contributed by atoms with E-state index in [0.717, 1.165) is 12.1 Å². The Balaban J connectivity index is 1.90. The van der Waals surface area contributed by atoms with Crippen LogP contribution in [-0.4, -0.2) is 40.7 Å². The molecular formula is C21H26F3NO4Si. The van der Waals surface area contributed by atoms with Crippen molar-refractivity contribution in [3.63, 3.8) is 0 Å². The van der Waals surface area contributed by atoms with Crippen molar-refractivity contribution in [2.75, 3.05) is 31.7 Å². The first-order chi connectivity index (χ1) is 14.1. The lowest BCUT2D eigenvalue weighted by molar-refractivity contribution is -0.137. The molecule has 0 aliphatic carbocycles. The topological polar surface area (TPSA) is 56.8 Å². The third-order valence-corrected chi connectivity index (χ3v) is 4.91. The van der Waals surface area contributed by atoms with Crippen molar-refractivity contribution in [1.82, 2.24) is 0 Å². The molecule has 0 spiro atoms. The summed E-state index contributed by atoms with van der Waals surface area (Å²) in [7, 11) is -1.58. The van der Waals surface area contributed by atoms with E-state index < -0.39 is 26.0 Å². The third-order valence-electron chi connectivity index (χ3n) is 3.84.